The van der Waals surface area contributed by atoms with Gasteiger partial charge in [-0.2, -0.15) is 0 Å². The molecule has 8 heteroatoms. The molecule has 2 aromatic rings. The minimum atomic E-state index is -0.555. The highest BCUT2D eigenvalue weighted by Gasteiger charge is 2.35. The molecule has 1 saturated heterocycles. The average molecular weight is 407 g/mol. The highest BCUT2D eigenvalue weighted by molar-refractivity contribution is 6.35. The Balaban J connectivity index is 1.50. The lowest BCUT2D eigenvalue weighted by Crippen LogP contribution is -2.43. The number of rotatable bonds is 3. The van der Waals surface area contributed by atoms with Gasteiger partial charge >= 0.3 is 0 Å². The van der Waals surface area contributed by atoms with E-state index < -0.39 is 6.04 Å². The van der Waals surface area contributed by atoms with Crippen molar-refractivity contribution in [3.8, 4) is 11.5 Å². The fourth-order valence-electron chi connectivity index (χ4n) is 3.33. The van der Waals surface area contributed by atoms with E-state index in [1.807, 2.05) is 0 Å². The zero-order valence-corrected chi connectivity index (χ0v) is 15.7. The van der Waals surface area contributed by atoms with Crippen LogP contribution in [0.15, 0.2) is 36.4 Å². The minimum absolute atomic E-state index is 0.167. The second-order valence-corrected chi connectivity index (χ2v) is 7.24. The Morgan fingerprint density at radius 2 is 1.78 bits per heavy atom. The van der Waals surface area contributed by atoms with E-state index in [-0.39, 0.29) is 18.6 Å². The first-order valence-electron chi connectivity index (χ1n) is 8.49. The van der Waals surface area contributed by atoms with Gasteiger partial charge in [-0.05, 0) is 43.2 Å². The van der Waals surface area contributed by atoms with Crippen LogP contribution in [0.3, 0.4) is 0 Å². The van der Waals surface area contributed by atoms with Gasteiger partial charge in [0, 0.05) is 33.9 Å². The van der Waals surface area contributed by atoms with Crippen LogP contribution in [0.25, 0.3) is 0 Å². The van der Waals surface area contributed by atoms with Crippen molar-refractivity contribution in [1.29, 1.82) is 0 Å². The normalized spacial score (nSPS) is 17.9. The van der Waals surface area contributed by atoms with Gasteiger partial charge in [0.05, 0.1) is 0 Å². The molecule has 0 spiro atoms. The number of amides is 2. The summed E-state index contributed by atoms with van der Waals surface area (Å²) in [5.74, 6) is 0.722. The number of anilines is 1. The van der Waals surface area contributed by atoms with Crippen LogP contribution in [0.1, 0.15) is 23.2 Å². The number of carbonyl (C=O) groups excluding carboxylic acids is 2. The number of ether oxygens (including phenoxy) is 2. The molecule has 1 unspecified atom stereocenters. The Bertz CT molecular complexity index is 898. The van der Waals surface area contributed by atoms with Crippen molar-refractivity contribution < 1.29 is 19.1 Å². The molecule has 2 aliphatic rings. The third kappa shape index (κ3) is 3.68. The molecule has 1 atom stereocenters. The standard InChI is InChI=1S/C19H16Cl2N2O4/c20-12-6-11(7-13(21)8-12)19(25)23-5-1-2-15(23)18(24)22-14-3-4-16-17(9-14)27-10-26-16/h3-4,6-9,15H,1-2,5,10H2,(H,22,24). The van der Waals surface area contributed by atoms with E-state index in [1.54, 1.807) is 41.3 Å². The molecule has 0 aliphatic carbocycles. The molecule has 2 aliphatic heterocycles. The summed E-state index contributed by atoms with van der Waals surface area (Å²) in [7, 11) is 0. The van der Waals surface area contributed by atoms with Gasteiger partial charge in [0.1, 0.15) is 6.04 Å². The first-order valence-corrected chi connectivity index (χ1v) is 9.24. The second-order valence-electron chi connectivity index (χ2n) is 6.37. The van der Waals surface area contributed by atoms with E-state index in [1.165, 1.54) is 0 Å². The maximum atomic E-state index is 12.9. The van der Waals surface area contributed by atoms with Crippen LogP contribution in [-0.4, -0.2) is 36.1 Å². The number of hydrogen-bond donors (Lipinski definition) is 1. The van der Waals surface area contributed by atoms with Gasteiger partial charge in [-0.3, -0.25) is 9.59 Å². The van der Waals surface area contributed by atoms with Crippen LogP contribution in [0.4, 0.5) is 5.69 Å². The third-order valence-corrected chi connectivity index (χ3v) is 5.00. The summed E-state index contributed by atoms with van der Waals surface area (Å²) < 4.78 is 10.6. The number of nitrogens with zero attached hydrogens (tertiary/aromatic N) is 1. The van der Waals surface area contributed by atoms with Crippen molar-refractivity contribution in [3.05, 3.63) is 52.0 Å². The predicted octanol–water partition coefficient (Wildman–Crippen LogP) is 3.97. The third-order valence-electron chi connectivity index (χ3n) is 4.57. The number of carbonyl (C=O) groups is 2. The number of fused-ring (bicyclic) bond motifs is 1. The summed E-state index contributed by atoms with van der Waals surface area (Å²) in [4.78, 5) is 27.2. The fourth-order valence-corrected chi connectivity index (χ4v) is 3.85. The molecular formula is C19H16Cl2N2O4. The molecule has 0 radical (unpaired) electrons. The Hall–Kier alpha value is -2.44. The lowest BCUT2D eigenvalue weighted by molar-refractivity contribution is -0.119. The largest absolute Gasteiger partial charge is 0.454 e. The van der Waals surface area contributed by atoms with Crippen LogP contribution in [0, 0.1) is 0 Å². The minimum Gasteiger partial charge on any atom is -0.454 e. The van der Waals surface area contributed by atoms with Gasteiger partial charge < -0.3 is 19.7 Å². The quantitative estimate of drug-likeness (QED) is 0.837. The van der Waals surface area contributed by atoms with Crippen LogP contribution >= 0.6 is 23.2 Å². The number of hydrogen-bond acceptors (Lipinski definition) is 4. The zero-order valence-electron chi connectivity index (χ0n) is 14.2. The number of halogens is 2. The number of nitrogens with one attached hydrogen (secondary N) is 1. The highest BCUT2D eigenvalue weighted by Crippen LogP contribution is 2.34. The second kappa shape index (κ2) is 7.29. The molecule has 4 rings (SSSR count). The van der Waals surface area contributed by atoms with E-state index in [9.17, 15) is 9.59 Å². The van der Waals surface area contributed by atoms with E-state index >= 15 is 0 Å². The first-order chi connectivity index (χ1) is 13.0. The highest BCUT2D eigenvalue weighted by atomic mass is 35.5. The maximum absolute atomic E-state index is 12.9. The van der Waals surface area contributed by atoms with Crippen LogP contribution in [0.2, 0.25) is 10.0 Å². The van der Waals surface area contributed by atoms with Gasteiger partial charge in [-0.1, -0.05) is 23.2 Å². The zero-order chi connectivity index (χ0) is 19.0. The summed E-state index contributed by atoms with van der Waals surface area (Å²) in [5.41, 5.74) is 0.963. The Morgan fingerprint density at radius 3 is 2.56 bits per heavy atom. The van der Waals surface area contributed by atoms with Gasteiger partial charge in [-0.25, -0.2) is 0 Å². The molecule has 1 fully saturated rings. The van der Waals surface area contributed by atoms with Crippen molar-refractivity contribution in [2.24, 2.45) is 0 Å². The van der Waals surface area contributed by atoms with Crippen LogP contribution < -0.4 is 14.8 Å². The molecule has 140 valence electrons. The van der Waals surface area contributed by atoms with Crippen LogP contribution in [0.5, 0.6) is 11.5 Å². The fraction of sp³-hybridized carbons (Fsp3) is 0.263. The molecule has 27 heavy (non-hydrogen) atoms. The van der Waals surface area contributed by atoms with Crippen molar-refractivity contribution in [1.82, 2.24) is 4.90 Å². The number of benzene rings is 2. The van der Waals surface area contributed by atoms with E-state index in [0.717, 1.165) is 6.42 Å². The molecule has 6 nitrogen and oxygen atoms in total. The topological polar surface area (TPSA) is 67.9 Å². The smallest absolute Gasteiger partial charge is 0.254 e. The maximum Gasteiger partial charge on any atom is 0.254 e. The van der Waals surface area contributed by atoms with Crippen molar-refractivity contribution in [2.75, 3.05) is 18.7 Å². The van der Waals surface area contributed by atoms with Gasteiger partial charge in [0.15, 0.2) is 11.5 Å². The SMILES string of the molecule is O=C(Nc1ccc2c(c1)OCO2)C1CCCN1C(=O)c1cc(Cl)cc(Cl)c1. The molecule has 0 aromatic heterocycles. The molecule has 2 amide bonds. The van der Waals surface area contributed by atoms with Crippen LogP contribution in [-0.2, 0) is 4.79 Å². The Morgan fingerprint density at radius 1 is 1.04 bits per heavy atom. The predicted molar refractivity (Wildman–Crippen MR) is 102 cm³/mol. The van der Waals surface area contributed by atoms with Gasteiger partial charge in [-0.15, -0.1) is 0 Å². The summed E-state index contributed by atoms with van der Waals surface area (Å²) in [6.45, 7) is 0.669. The van der Waals surface area contributed by atoms with E-state index in [0.29, 0.717) is 45.8 Å². The van der Waals surface area contributed by atoms with Crippen molar-refractivity contribution in [3.63, 3.8) is 0 Å². The summed E-state index contributed by atoms with van der Waals surface area (Å²) in [6.07, 6.45) is 1.34. The monoisotopic (exact) mass is 406 g/mol. The molecule has 0 saturated carbocycles. The van der Waals surface area contributed by atoms with E-state index in [2.05, 4.69) is 5.32 Å². The first kappa shape index (κ1) is 17.9. The summed E-state index contributed by atoms with van der Waals surface area (Å²) in [5, 5.41) is 3.61. The molecule has 1 N–H and O–H groups in total. The van der Waals surface area contributed by atoms with Gasteiger partial charge in [0.25, 0.3) is 5.91 Å². The Kier molecular flexibility index (Phi) is 4.85. The lowest BCUT2D eigenvalue weighted by Gasteiger charge is -2.24. The lowest BCUT2D eigenvalue weighted by atomic mass is 10.1. The van der Waals surface area contributed by atoms with Crippen molar-refractivity contribution in [2.45, 2.75) is 18.9 Å². The molecule has 2 aromatic carbocycles. The van der Waals surface area contributed by atoms with Crippen molar-refractivity contribution >= 4 is 40.7 Å². The summed E-state index contributed by atoms with van der Waals surface area (Å²) in [6, 6.07) is 9.31. The van der Waals surface area contributed by atoms with Gasteiger partial charge in [0.2, 0.25) is 12.7 Å². The molecule has 0 bridgehead atoms. The molecular weight excluding hydrogens is 391 g/mol. The average Bonchev–Trinajstić information content (AvgIpc) is 3.29. The molecule has 2 heterocycles. The number of likely N-dealkylation sites (tertiary alicyclic amines) is 1. The summed E-state index contributed by atoms with van der Waals surface area (Å²) >= 11 is 12.0. The Labute approximate surface area is 165 Å². The van der Waals surface area contributed by atoms with E-state index in [4.69, 9.17) is 32.7 Å².